The average molecular weight is 477 g/mol. The number of hydrogen-bond donors (Lipinski definition) is 1. The molecule has 0 radical (unpaired) electrons. The van der Waals surface area contributed by atoms with Gasteiger partial charge < -0.3 is 15.5 Å². The molecule has 1 aliphatic heterocycles. The van der Waals surface area contributed by atoms with Gasteiger partial charge in [0.15, 0.2) is 0 Å². The van der Waals surface area contributed by atoms with E-state index in [2.05, 4.69) is 13.2 Å². The minimum Gasteiger partial charge on any atom is -0.390 e. The van der Waals surface area contributed by atoms with Crippen molar-refractivity contribution in [2.24, 2.45) is 0 Å². The maximum absolute atomic E-state index is 13.1. The van der Waals surface area contributed by atoms with E-state index in [0.29, 0.717) is 23.7 Å². The zero-order valence-corrected chi connectivity index (χ0v) is 19.5. The van der Waals surface area contributed by atoms with Gasteiger partial charge in [0, 0.05) is 55.8 Å². The Morgan fingerprint density at radius 1 is 1.09 bits per heavy atom. The summed E-state index contributed by atoms with van der Waals surface area (Å²) in [6.45, 7) is 8.83. The quantitative estimate of drug-likeness (QED) is 0.559. The van der Waals surface area contributed by atoms with E-state index in [9.17, 15) is 18.0 Å². The van der Waals surface area contributed by atoms with E-state index in [4.69, 9.17) is 5.73 Å². The van der Waals surface area contributed by atoms with Crippen molar-refractivity contribution >= 4 is 48.3 Å². The predicted molar refractivity (Wildman–Crippen MR) is 129 cm³/mol. The first-order valence-electron chi connectivity index (χ1n) is 10.3. The van der Waals surface area contributed by atoms with E-state index in [-0.39, 0.29) is 50.2 Å². The third-order valence-corrected chi connectivity index (χ3v) is 8.25. The van der Waals surface area contributed by atoms with Gasteiger partial charge in [0.1, 0.15) is 0 Å². The first-order chi connectivity index (χ1) is 15.3. The van der Waals surface area contributed by atoms with Crippen LogP contribution in [0.4, 0.5) is 5.00 Å². The minimum absolute atomic E-state index is 0.111. The van der Waals surface area contributed by atoms with E-state index >= 15 is 0 Å². The molecule has 2 amide bonds. The smallest absolute Gasteiger partial charge is 0.257 e. The van der Waals surface area contributed by atoms with Gasteiger partial charge in [0.2, 0.25) is 15.9 Å². The van der Waals surface area contributed by atoms with Gasteiger partial charge in [-0.15, -0.1) is 24.5 Å². The summed E-state index contributed by atoms with van der Waals surface area (Å²) in [5, 5.41) is 1.28. The van der Waals surface area contributed by atoms with Gasteiger partial charge >= 0.3 is 0 Å². The second-order valence-electron chi connectivity index (χ2n) is 7.47. The van der Waals surface area contributed by atoms with Crippen LogP contribution in [0, 0.1) is 0 Å². The Labute approximate surface area is 192 Å². The number of fused-ring (bicyclic) bond motifs is 1. The Hall–Kier alpha value is -2.69. The summed E-state index contributed by atoms with van der Waals surface area (Å²) in [6.07, 6.45) is 3.08. The number of sulfonamides is 1. The largest absolute Gasteiger partial charge is 0.390 e. The molecule has 10 heteroatoms. The summed E-state index contributed by atoms with van der Waals surface area (Å²) < 4.78 is 27.8. The lowest BCUT2D eigenvalue weighted by Crippen LogP contribution is -2.51. The van der Waals surface area contributed by atoms with Gasteiger partial charge in [-0.2, -0.15) is 4.31 Å². The first kappa shape index (κ1) is 24.0. The van der Waals surface area contributed by atoms with E-state index in [0.717, 1.165) is 10.1 Å². The lowest BCUT2D eigenvalue weighted by molar-refractivity contribution is -0.129. The maximum Gasteiger partial charge on any atom is 0.257 e. The van der Waals surface area contributed by atoms with Crippen LogP contribution in [0.5, 0.6) is 0 Å². The number of carbonyl (C=O) groups excluding carboxylic acids is 2. The summed E-state index contributed by atoms with van der Waals surface area (Å²) in [5.74, 6) is -0.717. The molecule has 0 aliphatic carbocycles. The molecule has 172 valence electrons. The van der Waals surface area contributed by atoms with Crippen LogP contribution in [-0.4, -0.2) is 79.4 Å². The highest BCUT2D eigenvalue weighted by Gasteiger charge is 2.31. The van der Waals surface area contributed by atoms with Crippen LogP contribution < -0.4 is 5.73 Å². The Balaban J connectivity index is 1.60. The fourth-order valence-corrected chi connectivity index (χ4v) is 6.08. The van der Waals surface area contributed by atoms with Gasteiger partial charge in [-0.1, -0.05) is 30.4 Å². The van der Waals surface area contributed by atoms with Crippen LogP contribution in [0.3, 0.4) is 0 Å². The number of carbonyl (C=O) groups is 2. The van der Waals surface area contributed by atoms with Gasteiger partial charge in [-0.3, -0.25) is 9.59 Å². The number of nitrogen functional groups attached to an aromatic ring is 1. The molecule has 0 atom stereocenters. The fourth-order valence-electron chi connectivity index (χ4n) is 3.71. The highest BCUT2D eigenvalue weighted by molar-refractivity contribution is 7.89. The molecule has 0 unspecified atom stereocenters. The van der Waals surface area contributed by atoms with E-state index in [1.54, 1.807) is 17.1 Å². The van der Waals surface area contributed by atoms with E-state index in [1.165, 1.54) is 20.5 Å². The molecule has 1 aromatic carbocycles. The summed E-state index contributed by atoms with van der Waals surface area (Å²) in [4.78, 5) is 28.6. The number of benzene rings is 1. The molecule has 1 aromatic heterocycles. The monoisotopic (exact) mass is 476 g/mol. The van der Waals surface area contributed by atoms with Crippen molar-refractivity contribution in [3.8, 4) is 0 Å². The summed E-state index contributed by atoms with van der Waals surface area (Å²) in [7, 11) is -3.61. The highest BCUT2D eigenvalue weighted by atomic mass is 32.2. The van der Waals surface area contributed by atoms with Crippen molar-refractivity contribution in [1.29, 1.82) is 0 Å². The van der Waals surface area contributed by atoms with Crippen molar-refractivity contribution < 1.29 is 18.0 Å². The molecular formula is C22H28N4O4S2. The second-order valence-corrected chi connectivity index (χ2v) is 10.6. The van der Waals surface area contributed by atoms with Crippen molar-refractivity contribution in [3.63, 3.8) is 0 Å². The topological polar surface area (TPSA) is 104 Å². The van der Waals surface area contributed by atoms with Crippen molar-refractivity contribution in [1.82, 2.24) is 14.1 Å². The SMILES string of the molecule is C=CCN(CC=C)C(=O)CCS(=O)(=O)N1CCN(C(=O)c2c(N)sc3ccccc23)CC1. The molecular weight excluding hydrogens is 448 g/mol. The van der Waals surface area contributed by atoms with E-state index in [1.807, 2.05) is 24.3 Å². The molecule has 3 rings (SSSR count). The molecule has 0 saturated carbocycles. The number of nitrogens with two attached hydrogens (primary N) is 1. The normalized spacial score (nSPS) is 14.9. The third-order valence-electron chi connectivity index (χ3n) is 5.38. The lowest BCUT2D eigenvalue weighted by Gasteiger charge is -2.34. The third kappa shape index (κ3) is 5.20. The molecule has 32 heavy (non-hydrogen) atoms. The van der Waals surface area contributed by atoms with Crippen LogP contribution in [0.15, 0.2) is 49.6 Å². The highest BCUT2D eigenvalue weighted by Crippen LogP contribution is 2.34. The standard InChI is InChI=1S/C22H28N4O4S2/c1-3-10-24(11-4-2)19(27)9-16-32(29,30)26-14-12-25(13-15-26)22(28)20-17-7-5-6-8-18(17)31-21(20)23/h3-8H,1-2,9-16,23H2. The van der Waals surface area contributed by atoms with Crippen LogP contribution in [0.2, 0.25) is 0 Å². The Morgan fingerprint density at radius 3 is 2.34 bits per heavy atom. The van der Waals surface area contributed by atoms with Crippen LogP contribution in [0.25, 0.3) is 10.1 Å². The Kier molecular flexibility index (Phi) is 7.70. The number of rotatable bonds is 9. The van der Waals surface area contributed by atoms with Gasteiger partial charge in [-0.05, 0) is 6.07 Å². The Bertz CT molecular complexity index is 1110. The number of nitrogens with zero attached hydrogens (tertiary/aromatic N) is 3. The average Bonchev–Trinajstić information content (AvgIpc) is 3.12. The number of anilines is 1. The number of piperazine rings is 1. The zero-order valence-electron chi connectivity index (χ0n) is 17.9. The number of hydrogen-bond acceptors (Lipinski definition) is 6. The predicted octanol–water partition coefficient (Wildman–Crippen LogP) is 2.16. The van der Waals surface area contributed by atoms with Gasteiger partial charge in [-0.25, -0.2) is 8.42 Å². The van der Waals surface area contributed by atoms with Gasteiger partial charge in [0.05, 0.1) is 16.3 Å². The number of amides is 2. The molecule has 0 spiro atoms. The molecule has 1 saturated heterocycles. The summed E-state index contributed by atoms with van der Waals surface area (Å²) in [5.41, 5.74) is 6.59. The number of thiophene rings is 1. The van der Waals surface area contributed by atoms with E-state index < -0.39 is 10.0 Å². The summed E-state index contributed by atoms with van der Waals surface area (Å²) in [6, 6.07) is 7.55. The van der Waals surface area contributed by atoms with Crippen LogP contribution in [-0.2, 0) is 14.8 Å². The molecule has 1 aliphatic rings. The van der Waals surface area contributed by atoms with Crippen molar-refractivity contribution in [2.45, 2.75) is 6.42 Å². The zero-order chi connectivity index (χ0) is 23.3. The van der Waals surface area contributed by atoms with Crippen molar-refractivity contribution in [3.05, 3.63) is 55.1 Å². The molecule has 2 N–H and O–H groups in total. The molecule has 1 fully saturated rings. The molecule has 0 bridgehead atoms. The first-order valence-corrected chi connectivity index (χ1v) is 12.7. The lowest BCUT2D eigenvalue weighted by atomic mass is 10.1. The molecule has 2 aromatic rings. The second kappa shape index (κ2) is 10.3. The Morgan fingerprint density at radius 2 is 1.72 bits per heavy atom. The molecule has 2 heterocycles. The van der Waals surface area contributed by atoms with Crippen molar-refractivity contribution in [2.75, 3.05) is 50.8 Å². The van der Waals surface area contributed by atoms with Gasteiger partial charge in [0.25, 0.3) is 5.91 Å². The van der Waals surface area contributed by atoms with Crippen LogP contribution in [0.1, 0.15) is 16.8 Å². The maximum atomic E-state index is 13.1. The minimum atomic E-state index is -3.61. The molecule has 8 nitrogen and oxygen atoms in total. The summed E-state index contributed by atoms with van der Waals surface area (Å²) >= 11 is 1.37. The van der Waals surface area contributed by atoms with Crippen LogP contribution >= 0.6 is 11.3 Å². The fraction of sp³-hybridized carbons (Fsp3) is 0.364.